The van der Waals surface area contributed by atoms with Gasteiger partial charge in [-0.05, 0) is 20.8 Å². The quantitative estimate of drug-likeness (QED) is 0.853. The van der Waals surface area contributed by atoms with Gasteiger partial charge < -0.3 is 4.90 Å². The largest absolute Gasteiger partial charge is 0.345 e. The average Bonchev–Trinajstić information content (AvgIpc) is 2.93. The molecule has 0 aliphatic carbocycles. The van der Waals surface area contributed by atoms with E-state index in [1.54, 1.807) is 27.6 Å². The van der Waals surface area contributed by atoms with Gasteiger partial charge in [-0.25, -0.2) is 9.97 Å². The van der Waals surface area contributed by atoms with Crippen molar-refractivity contribution >= 4 is 28.6 Å². The van der Waals surface area contributed by atoms with E-state index in [2.05, 4.69) is 9.97 Å². The maximum absolute atomic E-state index is 12.2. The van der Waals surface area contributed by atoms with E-state index in [1.165, 1.54) is 4.88 Å². The molecule has 4 nitrogen and oxygen atoms in total. The van der Waals surface area contributed by atoms with Crippen LogP contribution in [0.1, 0.15) is 26.1 Å². The zero-order valence-corrected chi connectivity index (χ0v) is 13.9. The van der Waals surface area contributed by atoms with Crippen LogP contribution < -0.4 is 0 Å². The Morgan fingerprint density at radius 1 is 1.35 bits per heavy atom. The monoisotopic (exact) mass is 309 g/mol. The number of hydrogen-bond donors (Lipinski definition) is 0. The van der Waals surface area contributed by atoms with Crippen molar-refractivity contribution in [1.82, 2.24) is 14.9 Å². The number of amides is 1. The molecule has 2 aromatic rings. The molecule has 0 atom stereocenters. The molecule has 0 aliphatic heterocycles. The summed E-state index contributed by atoms with van der Waals surface area (Å²) < 4.78 is 0. The fourth-order valence-electron chi connectivity index (χ4n) is 1.97. The molecule has 2 rings (SSSR count). The van der Waals surface area contributed by atoms with E-state index in [0.29, 0.717) is 6.42 Å². The zero-order valence-electron chi connectivity index (χ0n) is 12.3. The Bertz CT molecular complexity index is 603. The van der Waals surface area contributed by atoms with Crippen LogP contribution in [0.25, 0.3) is 0 Å². The molecular formula is C14H19N3OS2. The van der Waals surface area contributed by atoms with Gasteiger partial charge in [-0.15, -0.1) is 22.7 Å². The maximum atomic E-state index is 12.2. The number of aromatic nitrogens is 2. The second kappa shape index (κ2) is 6.45. The lowest BCUT2D eigenvalue weighted by Crippen LogP contribution is -2.30. The molecule has 108 valence electrons. The molecular weight excluding hydrogens is 290 g/mol. The Kier molecular flexibility index (Phi) is 4.88. The number of nitrogens with zero attached hydrogens (tertiary/aromatic N) is 3. The predicted molar refractivity (Wildman–Crippen MR) is 83.5 cm³/mol. The predicted octanol–water partition coefficient (Wildman–Crippen LogP) is 2.77. The number of likely N-dealkylation sites (N-methyl/N-ethyl adjacent to an activating group) is 1. The molecule has 0 unspecified atom stereocenters. The second-order valence-corrected chi connectivity index (χ2v) is 7.19. The smallest absolute Gasteiger partial charge is 0.228 e. The minimum Gasteiger partial charge on any atom is -0.345 e. The van der Waals surface area contributed by atoms with Crippen molar-refractivity contribution in [3.05, 3.63) is 31.7 Å². The lowest BCUT2D eigenvalue weighted by atomic mass is 10.2. The van der Waals surface area contributed by atoms with Crippen molar-refractivity contribution in [1.29, 1.82) is 0 Å². The minimum absolute atomic E-state index is 0.126. The molecule has 0 bridgehead atoms. The molecule has 6 heteroatoms. The highest BCUT2D eigenvalue weighted by molar-refractivity contribution is 7.11. The van der Waals surface area contributed by atoms with Gasteiger partial charge in [-0.3, -0.25) is 4.79 Å². The summed E-state index contributed by atoms with van der Waals surface area (Å²) in [7, 11) is 1.85. The number of rotatable bonds is 5. The molecule has 0 aliphatic rings. The van der Waals surface area contributed by atoms with Crippen LogP contribution in [0.2, 0.25) is 0 Å². The first-order chi connectivity index (χ1) is 9.47. The van der Waals surface area contributed by atoms with Gasteiger partial charge in [0.25, 0.3) is 0 Å². The van der Waals surface area contributed by atoms with E-state index in [-0.39, 0.29) is 5.91 Å². The van der Waals surface area contributed by atoms with Crippen LogP contribution in [0.15, 0.2) is 5.51 Å². The van der Waals surface area contributed by atoms with E-state index in [1.807, 2.05) is 33.3 Å². The third-order valence-electron chi connectivity index (χ3n) is 3.26. The summed E-state index contributed by atoms with van der Waals surface area (Å²) in [6, 6.07) is 0. The van der Waals surface area contributed by atoms with Crippen molar-refractivity contribution in [2.75, 3.05) is 13.6 Å². The first kappa shape index (κ1) is 15.1. The van der Waals surface area contributed by atoms with E-state index in [4.69, 9.17) is 0 Å². The lowest BCUT2D eigenvalue weighted by molar-refractivity contribution is -0.129. The molecule has 0 saturated heterocycles. The van der Waals surface area contributed by atoms with E-state index < -0.39 is 0 Å². The summed E-state index contributed by atoms with van der Waals surface area (Å²) in [5.74, 6) is 0.126. The van der Waals surface area contributed by atoms with E-state index in [0.717, 1.165) is 34.2 Å². The standard InChI is InChI=1S/C14H19N3OS2/c1-9-13(19-8-15-9)5-6-17(4)14(18)7-12-10(2)20-11(3)16-12/h8H,5-7H2,1-4H3. The first-order valence-corrected chi connectivity index (χ1v) is 8.23. The van der Waals surface area contributed by atoms with Gasteiger partial charge in [0, 0.05) is 29.8 Å². The van der Waals surface area contributed by atoms with Gasteiger partial charge in [0.2, 0.25) is 5.91 Å². The molecule has 0 fully saturated rings. The van der Waals surface area contributed by atoms with Crippen LogP contribution in [0, 0.1) is 20.8 Å². The summed E-state index contributed by atoms with van der Waals surface area (Å²) >= 11 is 3.30. The highest BCUT2D eigenvalue weighted by atomic mass is 32.1. The SMILES string of the molecule is Cc1nc(CC(=O)N(C)CCc2scnc2C)c(C)s1. The van der Waals surface area contributed by atoms with Gasteiger partial charge in [0.15, 0.2) is 0 Å². The minimum atomic E-state index is 0.126. The van der Waals surface area contributed by atoms with Crippen LogP contribution in [0.5, 0.6) is 0 Å². The van der Waals surface area contributed by atoms with E-state index >= 15 is 0 Å². The van der Waals surface area contributed by atoms with Crippen LogP contribution in [-0.4, -0.2) is 34.4 Å². The van der Waals surface area contributed by atoms with Gasteiger partial charge >= 0.3 is 0 Å². The van der Waals surface area contributed by atoms with Crippen molar-refractivity contribution in [3.8, 4) is 0 Å². The Labute approximate surface area is 127 Å². The Morgan fingerprint density at radius 2 is 2.10 bits per heavy atom. The van der Waals surface area contributed by atoms with Gasteiger partial charge in [0.1, 0.15) is 0 Å². The highest BCUT2D eigenvalue weighted by Gasteiger charge is 2.14. The van der Waals surface area contributed by atoms with Crippen molar-refractivity contribution in [3.63, 3.8) is 0 Å². The normalized spacial score (nSPS) is 10.8. The summed E-state index contributed by atoms with van der Waals surface area (Å²) in [5, 5.41) is 1.02. The van der Waals surface area contributed by atoms with Crippen molar-refractivity contribution < 1.29 is 4.79 Å². The molecule has 0 N–H and O–H groups in total. The molecule has 0 radical (unpaired) electrons. The summed E-state index contributed by atoms with van der Waals surface area (Å²) in [6.07, 6.45) is 1.27. The molecule has 2 heterocycles. The van der Waals surface area contributed by atoms with Crippen LogP contribution >= 0.6 is 22.7 Å². The number of hydrogen-bond acceptors (Lipinski definition) is 5. The highest BCUT2D eigenvalue weighted by Crippen LogP contribution is 2.18. The van der Waals surface area contributed by atoms with Gasteiger partial charge in [-0.1, -0.05) is 0 Å². The molecule has 0 saturated carbocycles. The third-order valence-corrected chi connectivity index (χ3v) is 5.19. The first-order valence-electron chi connectivity index (χ1n) is 6.53. The van der Waals surface area contributed by atoms with Gasteiger partial charge in [-0.2, -0.15) is 0 Å². The Balaban J connectivity index is 1.89. The number of carbonyl (C=O) groups is 1. The fourth-order valence-corrected chi connectivity index (χ4v) is 3.58. The third kappa shape index (κ3) is 3.64. The lowest BCUT2D eigenvalue weighted by Gasteiger charge is -2.16. The Morgan fingerprint density at radius 3 is 2.65 bits per heavy atom. The molecule has 20 heavy (non-hydrogen) atoms. The Hall–Kier alpha value is -1.27. The topological polar surface area (TPSA) is 46.1 Å². The number of thiazole rings is 2. The molecule has 2 aromatic heterocycles. The summed E-state index contributed by atoms with van der Waals surface area (Å²) in [6.45, 7) is 6.73. The molecule has 1 amide bonds. The maximum Gasteiger partial charge on any atom is 0.228 e. The van der Waals surface area contributed by atoms with Gasteiger partial charge in [0.05, 0.1) is 28.3 Å². The van der Waals surface area contributed by atoms with Crippen LogP contribution in [0.3, 0.4) is 0 Å². The number of carbonyl (C=O) groups excluding carboxylic acids is 1. The second-order valence-electron chi connectivity index (χ2n) is 4.84. The summed E-state index contributed by atoms with van der Waals surface area (Å²) in [4.78, 5) is 25.0. The van der Waals surface area contributed by atoms with Crippen molar-refractivity contribution in [2.24, 2.45) is 0 Å². The van der Waals surface area contributed by atoms with Crippen molar-refractivity contribution in [2.45, 2.75) is 33.6 Å². The average molecular weight is 309 g/mol. The zero-order chi connectivity index (χ0) is 14.7. The van der Waals surface area contributed by atoms with E-state index in [9.17, 15) is 4.79 Å². The molecule has 0 aromatic carbocycles. The number of aryl methyl sites for hydroxylation is 3. The summed E-state index contributed by atoms with van der Waals surface area (Å²) in [5.41, 5.74) is 3.84. The fraction of sp³-hybridized carbons (Fsp3) is 0.500. The van der Waals surface area contributed by atoms with Crippen LogP contribution in [-0.2, 0) is 17.6 Å². The van der Waals surface area contributed by atoms with Crippen LogP contribution in [0.4, 0.5) is 0 Å². The molecule has 0 spiro atoms.